The van der Waals surface area contributed by atoms with Crippen molar-refractivity contribution in [3.63, 3.8) is 0 Å². The zero-order valence-electron chi connectivity index (χ0n) is 8.90. The number of sulfonamides is 1. The molecule has 1 rings (SSSR count). The van der Waals surface area contributed by atoms with Gasteiger partial charge in [0.05, 0.1) is 6.04 Å². The largest absolute Gasteiger partial charge is 0.228 e. The Balaban J connectivity index is 2.91. The van der Waals surface area contributed by atoms with Crippen molar-refractivity contribution in [2.24, 2.45) is 0 Å². The van der Waals surface area contributed by atoms with E-state index < -0.39 is 10.0 Å². The number of hydrogen-bond acceptors (Lipinski definition) is 3. The average molecular weight is 268 g/mol. The highest BCUT2D eigenvalue weighted by molar-refractivity contribution is 7.90. The Morgan fingerprint density at radius 1 is 1.53 bits per heavy atom. The SMILES string of the molecule is Cc1ccc(C(C)N(C)S(=O)(=O)CCl)s1. The lowest BCUT2D eigenvalue weighted by Gasteiger charge is -2.22. The van der Waals surface area contributed by atoms with Crippen molar-refractivity contribution in [3.05, 3.63) is 21.9 Å². The van der Waals surface area contributed by atoms with Crippen LogP contribution in [-0.2, 0) is 10.0 Å². The highest BCUT2D eigenvalue weighted by Crippen LogP contribution is 2.28. The molecule has 1 aromatic heterocycles. The molecular weight excluding hydrogens is 254 g/mol. The zero-order chi connectivity index (χ0) is 11.6. The number of alkyl halides is 1. The molecule has 0 aliphatic heterocycles. The van der Waals surface area contributed by atoms with Crippen molar-refractivity contribution in [3.8, 4) is 0 Å². The van der Waals surface area contributed by atoms with Crippen molar-refractivity contribution in [1.82, 2.24) is 4.31 Å². The van der Waals surface area contributed by atoms with E-state index in [0.717, 1.165) is 4.88 Å². The molecule has 0 radical (unpaired) electrons. The van der Waals surface area contributed by atoms with Gasteiger partial charge in [0, 0.05) is 16.8 Å². The van der Waals surface area contributed by atoms with E-state index in [1.165, 1.54) is 9.18 Å². The average Bonchev–Trinajstić information content (AvgIpc) is 2.62. The van der Waals surface area contributed by atoms with Gasteiger partial charge in [0.25, 0.3) is 0 Å². The molecule has 0 saturated heterocycles. The molecule has 6 heteroatoms. The summed E-state index contributed by atoms with van der Waals surface area (Å²) in [4.78, 5) is 2.21. The maximum absolute atomic E-state index is 11.5. The van der Waals surface area contributed by atoms with Crippen LogP contribution >= 0.6 is 22.9 Å². The maximum atomic E-state index is 11.5. The van der Waals surface area contributed by atoms with Crippen molar-refractivity contribution < 1.29 is 8.42 Å². The third kappa shape index (κ3) is 2.93. The predicted octanol–water partition coefficient (Wildman–Crippen LogP) is 2.58. The second-order valence-electron chi connectivity index (χ2n) is 3.36. The molecule has 0 bridgehead atoms. The minimum Gasteiger partial charge on any atom is -0.211 e. The Labute approximate surface area is 99.7 Å². The molecule has 0 amide bonds. The smallest absolute Gasteiger partial charge is 0.211 e. The number of thiophene rings is 1. The molecule has 1 atom stereocenters. The van der Waals surface area contributed by atoms with Crippen LogP contribution in [0, 0.1) is 6.92 Å². The van der Waals surface area contributed by atoms with Crippen LogP contribution < -0.4 is 0 Å². The van der Waals surface area contributed by atoms with Gasteiger partial charge in [-0.2, -0.15) is 4.31 Å². The molecule has 1 heterocycles. The summed E-state index contributed by atoms with van der Waals surface area (Å²) in [5.74, 6) is 0. The number of aryl methyl sites for hydroxylation is 1. The van der Waals surface area contributed by atoms with Crippen LogP contribution in [0.1, 0.15) is 22.7 Å². The summed E-state index contributed by atoms with van der Waals surface area (Å²) in [6, 6.07) is 3.77. The third-order valence-corrected chi connectivity index (χ3v) is 5.76. The van der Waals surface area contributed by atoms with E-state index in [1.54, 1.807) is 18.4 Å². The van der Waals surface area contributed by atoms with Crippen molar-refractivity contribution >= 4 is 33.0 Å². The second-order valence-corrected chi connectivity index (χ2v) is 7.29. The van der Waals surface area contributed by atoms with Crippen molar-refractivity contribution in [2.75, 3.05) is 12.3 Å². The monoisotopic (exact) mass is 267 g/mol. The molecular formula is C9H14ClNO2S2. The van der Waals surface area contributed by atoms with Crippen LogP contribution in [-0.4, -0.2) is 25.0 Å². The van der Waals surface area contributed by atoms with E-state index in [0.29, 0.717) is 0 Å². The molecule has 0 aliphatic carbocycles. The molecule has 3 nitrogen and oxygen atoms in total. The minimum absolute atomic E-state index is 0.160. The second kappa shape index (κ2) is 4.82. The number of rotatable bonds is 4. The molecule has 0 fully saturated rings. The first-order valence-electron chi connectivity index (χ1n) is 4.46. The van der Waals surface area contributed by atoms with E-state index in [1.807, 2.05) is 26.0 Å². The Kier molecular flexibility index (Phi) is 4.17. The van der Waals surface area contributed by atoms with E-state index in [9.17, 15) is 8.42 Å². The molecule has 0 saturated carbocycles. The first kappa shape index (κ1) is 13.0. The molecule has 0 spiro atoms. The quantitative estimate of drug-likeness (QED) is 0.787. The Morgan fingerprint density at radius 2 is 2.13 bits per heavy atom. The van der Waals surface area contributed by atoms with E-state index >= 15 is 0 Å². The van der Waals surface area contributed by atoms with Gasteiger partial charge >= 0.3 is 0 Å². The van der Waals surface area contributed by atoms with E-state index in [-0.39, 0.29) is 11.3 Å². The summed E-state index contributed by atoms with van der Waals surface area (Å²) in [7, 11) is -1.78. The topological polar surface area (TPSA) is 37.4 Å². The van der Waals surface area contributed by atoms with Gasteiger partial charge in [-0.05, 0) is 26.0 Å². The lowest BCUT2D eigenvalue weighted by atomic mass is 10.3. The fraction of sp³-hybridized carbons (Fsp3) is 0.556. The third-order valence-electron chi connectivity index (χ3n) is 2.29. The van der Waals surface area contributed by atoms with Crippen molar-refractivity contribution in [2.45, 2.75) is 19.9 Å². The van der Waals surface area contributed by atoms with Crippen LogP contribution in [0.5, 0.6) is 0 Å². The lowest BCUT2D eigenvalue weighted by Crippen LogP contribution is -2.30. The number of nitrogens with zero attached hydrogens (tertiary/aromatic N) is 1. The fourth-order valence-corrected chi connectivity index (χ4v) is 3.43. The Morgan fingerprint density at radius 3 is 2.53 bits per heavy atom. The summed E-state index contributed by atoms with van der Waals surface area (Å²) >= 11 is 7.00. The first-order chi connectivity index (χ1) is 6.88. The summed E-state index contributed by atoms with van der Waals surface area (Å²) in [6.07, 6.45) is 0. The van der Waals surface area contributed by atoms with Gasteiger partial charge in [-0.15, -0.1) is 22.9 Å². The van der Waals surface area contributed by atoms with Gasteiger partial charge in [0.1, 0.15) is 5.21 Å². The normalized spacial score (nSPS) is 14.5. The Hall–Kier alpha value is -0.100. The van der Waals surface area contributed by atoms with Crippen LogP contribution in [0.15, 0.2) is 12.1 Å². The van der Waals surface area contributed by atoms with Crippen molar-refractivity contribution in [1.29, 1.82) is 0 Å². The van der Waals surface area contributed by atoms with E-state index in [4.69, 9.17) is 11.6 Å². The number of halogens is 1. The molecule has 1 aromatic rings. The summed E-state index contributed by atoms with van der Waals surface area (Å²) < 4.78 is 24.3. The molecule has 0 aliphatic rings. The maximum Gasteiger partial charge on any atom is 0.228 e. The summed E-state index contributed by atoms with van der Waals surface area (Å²) in [5.41, 5.74) is 0. The van der Waals surface area contributed by atoms with Gasteiger partial charge in [0.15, 0.2) is 0 Å². The van der Waals surface area contributed by atoms with E-state index in [2.05, 4.69) is 0 Å². The number of hydrogen-bond donors (Lipinski definition) is 0. The summed E-state index contributed by atoms with van der Waals surface area (Å²) in [6.45, 7) is 3.85. The molecule has 0 aromatic carbocycles. The highest BCUT2D eigenvalue weighted by atomic mass is 35.5. The standard InChI is InChI=1S/C9H14ClNO2S2/c1-7-4-5-9(14-7)8(2)11(3)15(12,13)6-10/h4-5,8H,6H2,1-3H3. The van der Waals surface area contributed by atoms with Crippen LogP contribution in [0.3, 0.4) is 0 Å². The molecule has 0 N–H and O–H groups in total. The van der Waals surface area contributed by atoms with Gasteiger partial charge in [-0.3, -0.25) is 0 Å². The molecule has 1 unspecified atom stereocenters. The molecule has 86 valence electrons. The highest BCUT2D eigenvalue weighted by Gasteiger charge is 2.23. The first-order valence-corrected chi connectivity index (χ1v) is 7.42. The fourth-order valence-electron chi connectivity index (χ4n) is 1.18. The van der Waals surface area contributed by atoms with Gasteiger partial charge in [-0.25, -0.2) is 8.42 Å². The van der Waals surface area contributed by atoms with Gasteiger partial charge in [-0.1, -0.05) is 0 Å². The lowest BCUT2D eigenvalue weighted by molar-refractivity contribution is 0.405. The van der Waals surface area contributed by atoms with Crippen LogP contribution in [0.4, 0.5) is 0 Å². The van der Waals surface area contributed by atoms with Crippen LogP contribution in [0.2, 0.25) is 0 Å². The predicted molar refractivity (Wildman–Crippen MR) is 64.9 cm³/mol. The summed E-state index contributed by atoms with van der Waals surface area (Å²) in [5, 5.41) is -0.377. The molecule has 15 heavy (non-hydrogen) atoms. The zero-order valence-corrected chi connectivity index (χ0v) is 11.3. The Bertz CT molecular complexity index is 427. The van der Waals surface area contributed by atoms with Gasteiger partial charge in [0.2, 0.25) is 10.0 Å². The van der Waals surface area contributed by atoms with Crippen LogP contribution in [0.25, 0.3) is 0 Å². The minimum atomic E-state index is -3.33. The van der Waals surface area contributed by atoms with Gasteiger partial charge < -0.3 is 0 Å².